The topological polar surface area (TPSA) is 82.2 Å². The molecule has 0 saturated heterocycles. The molecule has 0 fully saturated rings. The number of para-hydroxylation sites is 1. The molecule has 0 aliphatic rings. The molecule has 1 heterocycles. The summed E-state index contributed by atoms with van der Waals surface area (Å²) in [6.07, 6.45) is 1.33. The van der Waals surface area contributed by atoms with E-state index < -0.39 is 10.4 Å². The standard InChI is InChI=1S/C8H7NO4S.K/c10-14(11,12)13-8-5-9-7-4-2-1-3-6(7)8;/h1-5,9H,(H,10,11,12);/q;+1/p-1. The van der Waals surface area contributed by atoms with E-state index >= 15 is 0 Å². The van der Waals surface area contributed by atoms with Gasteiger partial charge in [0.25, 0.3) is 10.4 Å². The number of aromatic amines is 1. The quantitative estimate of drug-likeness (QED) is 0.380. The van der Waals surface area contributed by atoms with Gasteiger partial charge in [-0.2, -0.15) is 0 Å². The van der Waals surface area contributed by atoms with Gasteiger partial charge in [-0.05, 0) is 12.1 Å². The summed E-state index contributed by atoms with van der Waals surface area (Å²) in [4.78, 5) is 2.78. The van der Waals surface area contributed by atoms with Crippen LogP contribution >= 0.6 is 0 Å². The van der Waals surface area contributed by atoms with Crippen LogP contribution in [0.3, 0.4) is 0 Å². The Bertz CT molecular complexity index is 563. The zero-order chi connectivity index (χ0) is 10.2. The van der Waals surface area contributed by atoms with Crippen LogP contribution in [0.2, 0.25) is 0 Å². The van der Waals surface area contributed by atoms with Crippen LogP contribution in [0.15, 0.2) is 30.5 Å². The van der Waals surface area contributed by atoms with Crippen molar-refractivity contribution in [2.45, 2.75) is 0 Å². The molecule has 2 rings (SSSR count). The number of fused-ring (bicyclic) bond motifs is 1. The van der Waals surface area contributed by atoms with Crippen molar-refractivity contribution >= 4 is 21.3 Å². The SMILES string of the molecule is O=S(=O)([O-])Oc1c[nH]c2ccccc12.[K+]. The summed E-state index contributed by atoms with van der Waals surface area (Å²) in [6, 6.07) is 6.92. The molecule has 15 heavy (non-hydrogen) atoms. The molecule has 7 heteroatoms. The zero-order valence-corrected chi connectivity index (χ0v) is 11.9. The number of aromatic nitrogens is 1. The van der Waals surface area contributed by atoms with Crippen molar-refractivity contribution in [1.82, 2.24) is 4.98 Å². The fourth-order valence-electron chi connectivity index (χ4n) is 1.22. The third-order valence-corrected chi connectivity index (χ3v) is 2.13. The Morgan fingerprint density at radius 1 is 1.27 bits per heavy atom. The molecule has 0 aliphatic carbocycles. The third-order valence-electron chi connectivity index (χ3n) is 1.74. The number of hydrogen-bond donors (Lipinski definition) is 1. The molecule has 1 aromatic heterocycles. The van der Waals surface area contributed by atoms with Gasteiger partial charge in [0, 0.05) is 17.1 Å². The molecule has 0 bridgehead atoms. The first kappa shape index (κ1) is 13.2. The molecule has 0 radical (unpaired) electrons. The van der Waals surface area contributed by atoms with Gasteiger partial charge in [-0.25, -0.2) is 8.42 Å². The van der Waals surface area contributed by atoms with Gasteiger partial charge in [0.15, 0.2) is 5.75 Å². The Labute approximate surface area is 129 Å². The summed E-state index contributed by atoms with van der Waals surface area (Å²) in [5.74, 6) is 0.0237. The Kier molecular flexibility index (Phi) is 4.35. The van der Waals surface area contributed by atoms with E-state index in [-0.39, 0.29) is 57.1 Å². The van der Waals surface area contributed by atoms with Crippen LogP contribution in [0.25, 0.3) is 10.9 Å². The fraction of sp³-hybridized carbons (Fsp3) is 0. The van der Waals surface area contributed by atoms with Crippen LogP contribution < -0.4 is 55.6 Å². The summed E-state index contributed by atoms with van der Waals surface area (Å²) in [6.45, 7) is 0. The van der Waals surface area contributed by atoms with Gasteiger partial charge >= 0.3 is 51.4 Å². The Balaban J connectivity index is 0.00000112. The molecule has 0 aliphatic heterocycles. The maximum absolute atomic E-state index is 10.4. The molecule has 0 amide bonds. The third kappa shape index (κ3) is 3.28. The number of benzene rings is 1. The summed E-state index contributed by atoms with van der Waals surface area (Å²) in [5, 5.41) is 0.562. The second-order valence-corrected chi connectivity index (χ2v) is 3.67. The monoisotopic (exact) mass is 251 g/mol. The first-order valence-electron chi connectivity index (χ1n) is 3.78. The average Bonchev–Trinajstić information content (AvgIpc) is 2.47. The van der Waals surface area contributed by atoms with E-state index in [4.69, 9.17) is 0 Å². The van der Waals surface area contributed by atoms with Gasteiger partial charge in [0.2, 0.25) is 0 Å². The van der Waals surface area contributed by atoms with Crippen molar-refractivity contribution in [3.63, 3.8) is 0 Å². The second kappa shape index (κ2) is 4.96. The Morgan fingerprint density at radius 2 is 1.93 bits per heavy atom. The van der Waals surface area contributed by atoms with Gasteiger partial charge in [-0.15, -0.1) is 0 Å². The van der Waals surface area contributed by atoms with Crippen LogP contribution in [0, 0.1) is 0 Å². The first-order valence-corrected chi connectivity index (χ1v) is 5.11. The number of hydrogen-bond acceptors (Lipinski definition) is 4. The molecule has 1 N–H and O–H groups in total. The molecular formula is C8H6KNO4S. The van der Waals surface area contributed by atoms with E-state index in [2.05, 4.69) is 9.17 Å². The molecule has 0 unspecified atom stereocenters. The van der Waals surface area contributed by atoms with E-state index in [1.54, 1.807) is 24.3 Å². The van der Waals surface area contributed by atoms with Gasteiger partial charge in [-0.3, -0.25) is 0 Å². The van der Waals surface area contributed by atoms with Crippen LogP contribution in [-0.2, 0) is 10.4 Å². The molecule has 2 aromatic rings. The van der Waals surface area contributed by atoms with Crippen molar-refractivity contribution in [1.29, 1.82) is 0 Å². The molecule has 0 saturated carbocycles. The van der Waals surface area contributed by atoms with Crippen molar-refractivity contribution in [2.24, 2.45) is 0 Å². The molecule has 74 valence electrons. The van der Waals surface area contributed by atoms with E-state index in [9.17, 15) is 13.0 Å². The minimum Gasteiger partial charge on any atom is -0.716 e. The van der Waals surface area contributed by atoms with Gasteiger partial charge < -0.3 is 13.7 Å². The largest absolute Gasteiger partial charge is 1.00 e. The maximum Gasteiger partial charge on any atom is 1.00 e. The Hall–Kier alpha value is 0.106. The van der Waals surface area contributed by atoms with E-state index in [1.807, 2.05) is 0 Å². The number of rotatable bonds is 2. The minimum atomic E-state index is -4.71. The smallest absolute Gasteiger partial charge is 0.716 e. The number of nitrogens with one attached hydrogen (secondary N) is 1. The van der Waals surface area contributed by atoms with Crippen molar-refractivity contribution in [2.75, 3.05) is 0 Å². The average molecular weight is 251 g/mol. The molecule has 0 atom stereocenters. The molecule has 5 nitrogen and oxygen atoms in total. The van der Waals surface area contributed by atoms with Crippen LogP contribution in [-0.4, -0.2) is 18.0 Å². The van der Waals surface area contributed by atoms with Gasteiger partial charge in [0.1, 0.15) is 0 Å². The summed E-state index contributed by atoms with van der Waals surface area (Å²) < 4.78 is 35.3. The predicted molar refractivity (Wildman–Crippen MR) is 48.6 cm³/mol. The second-order valence-electron chi connectivity index (χ2n) is 2.69. The van der Waals surface area contributed by atoms with Crippen LogP contribution in [0.1, 0.15) is 0 Å². The van der Waals surface area contributed by atoms with Crippen molar-refractivity contribution < 1.29 is 68.5 Å². The van der Waals surface area contributed by atoms with Gasteiger partial charge in [0.05, 0.1) is 0 Å². The van der Waals surface area contributed by atoms with Crippen molar-refractivity contribution in [3.05, 3.63) is 30.5 Å². The van der Waals surface area contributed by atoms with Gasteiger partial charge in [-0.1, -0.05) is 12.1 Å². The van der Waals surface area contributed by atoms with E-state index in [0.717, 1.165) is 0 Å². The molecular weight excluding hydrogens is 245 g/mol. The van der Waals surface area contributed by atoms with Crippen molar-refractivity contribution in [3.8, 4) is 5.75 Å². The predicted octanol–water partition coefficient (Wildman–Crippen LogP) is -1.99. The minimum absolute atomic E-state index is 0. The Morgan fingerprint density at radius 3 is 2.60 bits per heavy atom. The zero-order valence-electron chi connectivity index (χ0n) is 7.93. The first-order chi connectivity index (χ1) is 6.56. The van der Waals surface area contributed by atoms with Crippen LogP contribution in [0.5, 0.6) is 5.75 Å². The number of H-pyrrole nitrogens is 1. The van der Waals surface area contributed by atoms with Crippen LogP contribution in [0.4, 0.5) is 0 Å². The van der Waals surface area contributed by atoms with E-state index in [1.165, 1.54) is 6.20 Å². The summed E-state index contributed by atoms with van der Waals surface area (Å²) in [7, 11) is -4.71. The molecule has 1 aromatic carbocycles. The fourth-order valence-corrected chi connectivity index (χ4v) is 1.58. The summed E-state index contributed by atoms with van der Waals surface area (Å²) >= 11 is 0. The molecule has 0 spiro atoms. The van der Waals surface area contributed by atoms with E-state index in [0.29, 0.717) is 10.9 Å². The normalized spacial score (nSPS) is 11.0. The summed E-state index contributed by atoms with van der Waals surface area (Å²) in [5.41, 5.74) is 0.714. The maximum atomic E-state index is 10.4.